The van der Waals surface area contributed by atoms with Crippen molar-refractivity contribution in [3.8, 4) is 0 Å². The Morgan fingerprint density at radius 3 is 2.39 bits per heavy atom. The number of benzene rings is 1. The quantitative estimate of drug-likeness (QED) is 0.743. The Labute approximate surface area is 132 Å². The largest absolute Gasteiger partial charge is 0.393 e. The van der Waals surface area contributed by atoms with Crippen molar-refractivity contribution in [2.75, 3.05) is 11.9 Å². The lowest BCUT2D eigenvalue weighted by Crippen LogP contribution is -2.46. The van der Waals surface area contributed by atoms with Gasteiger partial charge in [0.2, 0.25) is 11.8 Å². The van der Waals surface area contributed by atoms with Crippen molar-refractivity contribution in [1.29, 1.82) is 0 Å². The van der Waals surface area contributed by atoms with Crippen molar-refractivity contribution in [1.82, 2.24) is 5.32 Å². The Morgan fingerprint density at radius 2 is 1.83 bits per heavy atom. The van der Waals surface area contributed by atoms with Crippen LogP contribution >= 0.6 is 0 Å². The van der Waals surface area contributed by atoms with E-state index in [0.29, 0.717) is 0 Å². The van der Waals surface area contributed by atoms with Gasteiger partial charge < -0.3 is 16.4 Å². The maximum Gasteiger partial charge on any atom is 0.393 e. The van der Waals surface area contributed by atoms with Gasteiger partial charge in [-0.25, -0.2) is 0 Å². The number of carbonyl (C=O) groups excluding carboxylic acids is 2. The molecule has 0 bridgehead atoms. The van der Waals surface area contributed by atoms with Crippen molar-refractivity contribution in [3.05, 3.63) is 29.8 Å². The molecule has 0 aromatic heterocycles. The van der Waals surface area contributed by atoms with Crippen molar-refractivity contribution in [3.63, 3.8) is 0 Å². The molecule has 1 aromatic carbocycles. The van der Waals surface area contributed by atoms with Gasteiger partial charge in [-0.1, -0.05) is 32.0 Å². The van der Waals surface area contributed by atoms with Crippen LogP contribution in [0.4, 0.5) is 18.9 Å². The van der Waals surface area contributed by atoms with Crippen LogP contribution in [0.5, 0.6) is 0 Å². The van der Waals surface area contributed by atoms with E-state index in [1.807, 2.05) is 0 Å². The number of nitrogens with two attached hydrogens (primary N) is 1. The summed E-state index contributed by atoms with van der Waals surface area (Å²) in [5.41, 5.74) is 5.65. The van der Waals surface area contributed by atoms with Crippen LogP contribution in [0, 0.1) is 5.92 Å². The van der Waals surface area contributed by atoms with Crippen molar-refractivity contribution < 1.29 is 22.8 Å². The van der Waals surface area contributed by atoms with Crippen LogP contribution in [0.15, 0.2) is 24.3 Å². The highest BCUT2D eigenvalue weighted by atomic mass is 19.4. The Balaban J connectivity index is 2.63. The minimum absolute atomic E-state index is 0.0430. The summed E-state index contributed by atoms with van der Waals surface area (Å²) in [5.74, 6) is -1.20. The summed E-state index contributed by atoms with van der Waals surface area (Å²) in [6.07, 6.45) is -5.52. The summed E-state index contributed by atoms with van der Waals surface area (Å²) in [5, 5.41) is 4.72. The van der Waals surface area contributed by atoms with E-state index in [1.165, 1.54) is 24.3 Å². The maximum atomic E-state index is 12.5. The molecule has 0 saturated carbocycles. The van der Waals surface area contributed by atoms with Gasteiger partial charge >= 0.3 is 6.18 Å². The number of alkyl halides is 3. The fourth-order valence-corrected chi connectivity index (χ4v) is 1.79. The van der Waals surface area contributed by atoms with Crippen molar-refractivity contribution in [2.24, 2.45) is 11.7 Å². The van der Waals surface area contributed by atoms with Gasteiger partial charge in [0.05, 0.1) is 19.0 Å². The van der Waals surface area contributed by atoms with Crippen LogP contribution in [-0.2, 0) is 16.0 Å². The molecule has 0 spiro atoms. The van der Waals surface area contributed by atoms with E-state index in [4.69, 9.17) is 5.73 Å². The molecule has 0 unspecified atom stereocenters. The van der Waals surface area contributed by atoms with Crippen LogP contribution < -0.4 is 16.4 Å². The van der Waals surface area contributed by atoms with Gasteiger partial charge in [-0.15, -0.1) is 0 Å². The number of halogens is 3. The molecule has 5 nitrogen and oxygen atoms in total. The van der Waals surface area contributed by atoms with Gasteiger partial charge in [-0.05, 0) is 17.5 Å². The molecular weight excluding hydrogens is 311 g/mol. The predicted octanol–water partition coefficient (Wildman–Crippen LogP) is 1.83. The Hall–Kier alpha value is -2.09. The van der Waals surface area contributed by atoms with Gasteiger partial charge in [0.1, 0.15) is 0 Å². The van der Waals surface area contributed by atoms with Gasteiger partial charge in [-0.2, -0.15) is 13.2 Å². The molecule has 4 N–H and O–H groups in total. The number of carbonyl (C=O) groups is 2. The molecular formula is C15H20F3N3O2. The highest BCUT2D eigenvalue weighted by Crippen LogP contribution is 2.25. The number of anilines is 1. The van der Waals surface area contributed by atoms with Crippen LogP contribution in [0.2, 0.25) is 0 Å². The number of nitrogens with one attached hydrogen (secondary N) is 2. The first-order chi connectivity index (χ1) is 10.6. The topological polar surface area (TPSA) is 84.2 Å². The Morgan fingerprint density at radius 1 is 1.22 bits per heavy atom. The Bertz CT molecular complexity index is 559. The highest BCUT2D eigenvalue weighted by molar-refractivity contribution is 5.95. The molecule has 0 saturated heterocycles. The first kappa shape index (κ1) is 19.0. The summed E-state index contributed by atoms with van der Waals surface area (Å²) in [4.78, 5) is 23.4. The van der Waals surface area contributed by atoms with Crippen molar-refractivity contribution >= 4 is 17.5 Å². The average Bonchev–Trinajstić information content (AvgIpc) is 2.44. The van der Waals surface area contributed by atoms with Gasteiger partial charge in [-0.3, -0.25) is 9.59 Å². The molecule has 0 aliphatic carbocycles. The lowest BCUT2D eigenvalue weighted by molar-refractivity contribution is -0.127. The second kappa shape index (κ2) is 7.96. The fraction of sp³-hybridized carbons (Fsp3) is 0.467. The third kappa shape index (κ3) is 6.68. The zero-order chi connectivity index (χ0) is 17.6. The summed E-state index contributed by atoms with van der Waals surface area (Å²) in [7, 11) is 0. The summed E-state index contributed by atoms with van der Waals surface area (Å²) in [6, 6.07) is 4.89. The summed E-state index contributed by atoms with van der Waals surface area (Å²) >= 11 is 0. The van der Waals surface area contributed by atoms with Crippen LogP contribution in [0.3, 0.4) is 0 Å². The maximum absolute atomic E-state index is 12.5. The first-order valence-corrected chi connectivity index (χ1v) is 7.08. The summed E-state index contributed by atoms with van der Waals surface area (Å²) < 4.78 is 37.5. The smallest absolute Gasteiger partial charge is 0.346 e. The molecule has 0 aliphatic heterocycles. The van der Waals surface area contributed by atoms with Crippen LogP contribution in [-0.4, -0.2) is 30.6 Å². The standard InChI is InChI=1S/C15H20F3N3O2/c1-9(2)13(19)14(23)20-8-12(22)21-11-6-4-3-5-10(11)7-15(16,17)18/h3-6,9,13H,7-8,19H2,1-2H3,(H,20,23)(H,21,22)/t13-/m0/s1. The van der Waals surface area contributed by atoms with E-state index >= 15 is 0 Å². The van der Waals surface area contributed by atoms with Gasteiger partial charge in [0, 0.05) is 5.69 Å². The minimum atomic E-state index is -4.38. The summed E-state index contributed by atoms with van der Waals surface area (Å²) in [6.45, 7) is 3.16. The zero-order valence-electron chi connectivity index (χ0n) is 12.9. The van der Waals surface area contributed by atoms with E-state index in [-0.39, 0.29) is 23.7 Å². The number of para-hydroxylation sites is 1. The average molecular weight is 331 g/mol. The number of hydrogen-bond acceptors (Lipinski definition) is 3. The normalized spacial score (nSPS) is 12.8. The molecule has 23 heavy (non-hydrogen) atoms. The number of rotatable bonds is 6. The lowest BCUT2D eigenvalue weighted by atomic mass is 10.1. The van der Waals surface area contributed by atoms with E-state index in [0.717, 1.165) is 0 Å². The van der Waals surface area contributed by atoms with Crippen LogP contribution in [0.25, 0.3) is 0 Å². The van der Waals surface area contributed by atoms with E-state index in [2.05, 4.69) is 10.6 Å². The molecule has 1 rings (SSSR count). The number of amides is 2. The molecule has 8 heteroatoms. The zero-order valence-corrected chi connectivity index (χ0v) is 12.9. The Kier molecular flexibility index (Phi) is 6.56. The van der Waals surface area contributed by atoms with Gasteiger partial charge in [0.25, 0.3) is 0 Å². The predicted molar refractivity (Wildman–Crippen MR) is 80.7 cm³/mol. The van der Waals surface area contributed by atoms with Crippen molar-refractivity contribution in [2.45, 2.75) is 32.5 Å². The highest BCUT2D eigenvalue weighted by Gasteiger charge is 2.29. The number of hydrogen-bond donors (Lipinski definition) is 3. The second-order valence-corrected chi connectivity index (χ2v) is 5.48. The second-order valence-electron chi connectivity index (χ2n) is 5.48. The third-order valence-corrected chi connectivity index (χ3v) is 3.13. The lowest BCUT2D eigenvalue weighted by Gasteiger charge is -2.16. The fourth-order valence-electron chi connectivity index (χ4n) is 1.79. The minimum Gasteiger partial charge on any atom is -0.346 e. The third-order valence-electron chi connectivity index (χ3n) is 3.13. The molecule has 1 aromatic rings. The molecule has 0 fully saturated rings. The first-order valence-electron chi connectivity index (χ1n) is 7.08. The van der Waals surface area contributed by atoms with E-state index in [9.17, 15) is 22.8 Å². The van der Waals surface area contributed by atoms with E-state index < -0.39 is 30.5 Å². The van der Waals surface area contributed by atoms with E-state index in [1.54, 1.807) is 13.8 Å². The molecule has 128 valence electrons. The molecule has 0 radical (unpaired) electrons. The molecule has 0 heterocycles. The van der Waals surface area contributed by atoms with Gasteiger partial charge in [0.15, 0.2) is 0 Å². The molecule has 2 amide bonds. The van der Waals surface area contributed by atoms with Crippen LogP contribution in [0.1, 0.15) is 19.4 Å². The molecule has 0 aliphatic rings. The molecule has 1 atom stereocenters. The monoisotopic (exact) mass is 331 g/mol. The SMILES string of the molecule is CC(C)[C@H](N)C(=O)NCC(=O)Nc1ccccc1CC(F)(F)F.